The molecule has 0 N–H and O–H groups in total. The molecule has 1 aromatic rings. The van der Waals surface area contributed by atoms with Crippen LogP contribution in [0.3, 0.4) is 0 Å². The van der Waals surface area contributed by atoms with Crippen molar-refractivity contribution in [1.82, 2.24) is 0 Å². The lowest BCUT2D eigenvalue weighted by molar-refractivity contribution is -0.172. The van der Waals surface area contributed by atoms with E-state index in [0.717, 1.165) is 16.7 Å². The van der Waals surface area contributed by atoms with E-state index in [1.54, 1.807) is 6.07 Å². The lowest BCUT2D eigenvalue weighted by Crippen LogP contribution is -2.55. The van der Waals surface area contributed by atoms with Gasteiger partial charge in [-0.3, -0.25) is 9.59 Å². The van der Waals surface area contributed by atoms with Crippen LogP contribution >= 0.6 is 0 Å². The molecule has 4 nitrogen and oxygen atoms in total. The molecule has 1 heterocycles. The number of benzene rings is 1. The zero-order valence-corrected chi connectivity index (χ0v) is 11.7. The van der Waals surface area contributed by atoms with Gasteiger partial charge in [-0.15, -0.1) is 0 Å². The summed E-state index contributed by atoms with van der Waals surface area (Å²) < 4.78 is 9.83. The Morgan fingerprint density at radius 1 is 1.16 bits per heavy atom. The molecule has 0 radical (unpaired) electrons. The van der Waals surface area contributed by atoms with Crippen LogP contribution in [0.15, 0.2) is 12.1 Å². The van der Waals surface area contributed by atoms with Gasteiger partial charge in [0.05, 0.1) is 20.3 Å². The first-order valence-electron chi connectivity index (χ1n) is 6.22. The number of ether oxygens (including phenoxy) is 2. The van der Waals surface area contributed by atoms with Gasteiger partial charge in [0.2, 0.25) is 0 Å². The summed E-state index contributed by atoms with van der Waals surface area (Å²) in [6.45, 7) is 6.08. The summed E-state index contributed by atoms with van der Waals surface area (Å²) in [4.78, 5) is 24.5. The smallest absolute Gasteiger partial charge is 0.324 e. The van der Waals surface area contributed by atoms with E-state index >= 15 is 0 Å². The fraction of sp³-hybridized carbons (Fsp3) is 0.467. The lowest BCUT2D eigenvalue weighted by atomic mass is 9.77. The minimum absolute atomic E-state index is 0.102. The average Bonchev–Trinajstić information content (AvgIpc) is 2.34. The summed E-state index contributed by atoms with van der Waals surface area (Å²) in [5.74, 6) is -0.715. The van der Waals surface area contributed by atoms with Crippen LogP contribution in [0.2, 0.25) is 0 Å². The van der Waals surface area contributed by atoms with Crippen molar-refractivity contribution in [3.63, 3.8) is 0 Å². The van der Waals surface area contributed by atoms with Gasteiger partial charge in [-0.1, -0.05) is 12.1 Å². The second-order valence-corrected chi connectivity index (χ2v) is 5.08. The highest BCUT2D eigenvalue weighted by atomic mass is 16.5. The van der Waals surface area contributed by atoms with Crippen molar-refractivity contribution in [3.05, 3.63) is 34.4 Å². The third-order valence-corrected chi connectivity index (χ3v) is 4.01. The number of carbonyl (C=O) groups excluding carboxylic acids is 2. The number of methoxy groups -OCH3 is 1. The highest BCUT2D eigenvalue weighted by Gasteiger charge is 2.54. The fourth-order valence-corrected chi connectivity index (χ4v) is 2.30. The topological polar surface area (TPSA) is 52.6 Å². The number of esters is 1. The van der Waals surface area contributed by atoms with Crippen molar-refractivity contribution < 1.29 is 19.1 Å². The summed E-state index contributed by atoms with van der Waals surface area (Å²) in [5, 5.41) is 0. The molecule has 0 bridgehead atoms. The van der Waals surface area contributed by atoms with E-state index in [9.17, 15) is 9.59 Å². The third kappa shape index (κ3) is 1.96. The first-order valence-corrected chi connectivity index (χ1v) is 6.22. The molecule has 2 rings (SSSR count). The van der Waals surface area contributed by atoms with Crippen LogP contribution in [0.25, 0.3) is 0 Å². The molecule has 4 heteroatoms. The molecule has 0 unspecified atom stereocenters. The maximum Gasteiger partial charge on any atom is 0.324 e. The Bertz CT molecular complexity index is 541. The zero-order chi connectivity index (χ0) is 14.2. The van der Waals surface area contributed by atoms with Gasteiger partial charge in [0.25, 0.3) is 0 Å². The summed E-state index contributed by atoms with van der Waals surface area (Å²) in [5.41, 5.74) is 2.55. The van der Waals surface area contributed by atoms with Crippen LogP contribution in [0, 0.1) is 26.2 Å². The summed E-state index contributed by atoms with van der Waals surface area (Å²) >= 11 is 0. The largest absolute Gasteiger partial charge is 0.468 e. The fourth-order valence-electron chi connectivity index (χ4n) is 2.30. The Balaban J connectivity index is 2.45. The van der Waals surface area contributed by atoms with Crippen LogP contribution in [-0.2, 0) is 14.3 Å². The van der Waals surface area contributed by atoms with Crippen molar-refractivity contribution in [2.75, 3.05) is 20.3 Å². The maximum absolute atomic E-state index is 12.7. The molecule has 19 heavy (non-hydrogen) atoms. The normalized spacial score (nSPS) is 16.6. The van der Waals surface area contributed by atoms with E-state index in [-0.39, 0.29) is 19.0 Å². The maximum atomic E-state index is 12.7. The summed E-state index contributed by atoms with van der Waals surface area (Å²) in [7, 11) is 1.29. The average molecular weight is 262 g/mol. The van der Waals surface area contributed by atoms with Crippen LogP contribution in [0.1, 0.15) is 27.0 Å². The second kappa shape index (κ2) is 4.78. The Labute approximate surface area is 112 Å². The Morgan fingerprint density at radius 2 is 1.79 bits per heavy atom. The van der Waals surface area contributed by atoms with Crippen molar-refractivity contribution in [2.24, 2.45) is 5.41 Å². The number of carbonyl (C=O) groups is 2. The number of hydrogen-bond acceptors (Lipinski definition) is 4. The van der Waals surface area contributed by atoms with Gasteiger partial charge in [0.15, 0.2) is 11.2 Å². The molecule has 0 aromatic heterocycles. The molecule has 0 saturated carbocycles. The van der Waals surface area contributed by atoms with Gasteiger partial charge < -0.3 is 9.47 Å². The molecule has 1 fully saturated rings. The highest BCUT2D eigenvalue weighted by molar-refractivity contribution is 6.14. The van der Waals surface area contributed by atoms with Crippen molar-refractivity contribution in [1.29, 1.82) is 0 Å². The Morgan fingerprint density at radius 3 is 2.26 bits per heavy atom. The number of ketones is 1. The van der Waals surface area contributed by atoms with Gasteiger partial charge in [-0.05, 0) is 37.5 Å². The van der Waals surface area contributed by atoms with Gasteiger partial charge in [0.1, 0.15) is 0 Å². The standard InChI is InChI=1S/C15H18O4/c1-9-5-6-12(11(3)10(9)2)13(16)15(7-19-8-15)14(17)18-4/h5-6H,7-8H2,1-4H3. The molecular formula is C15H18O4. The molecule has 1 aliphatic rings. The van der Waals surface area contributed by atoms with Crippen LogP contribution in [0.5, 0.6) is 0 Å². The number of Topliss-reactive ketones (excluding diaryl/α,β-unsaturated/α-hetero) is 1. The lowest BCUT2D eigenvalue weighted by Gasteiger charge is -2.37. The van der Waals surface area contributed by atoms with Crippen molar-refractivity contribution in [3.8, 4) is 0 Å². The third-order valence-electron chi connectivity index (χ3n) is 4.01. The van der Waals surface area contributed by atoms with Crippen molar-refractivity contribution >= 4 is 11.8 Å². The first kappa shape index (κ1) is 13.7. The molecule has 1 saturated heterocycles. The zero-order valence-electron chi connectivity index (χ0n) is 11.7. The van der Waals surface area contributed by atoms with Gasteiger partial charge in [-0.25, -0.2) is 0 Å². The van der Waals surface area contributed by atoms with Gasteiger partial charge in [-0.2, -0.15) is 0 Å². The van der Waals surface area contributed by atoms with E-state index in [2.05, 4.69) is 0 Å². The molecule has 1 aliphatic heterocycles. The predicted octanol–water partition coefficient (Wildman–Crippen LogP) is 1.98. The highest BCUT2D eigenvalue weighted by Crippen LogP contribution is 2.34. The minimum Gasteiger partial charge on any atom is -0.468 e. The van der Waals surface area contributed by atoms with Crippen LogP contribution in [0.4, 0.5) is 0 Å². The van der Waals surface area contributed by atoms with E-state index in [1.807, 2.05) is 26.8 Å². The first-order chi connectivity index (χ1) is 8.94. The quantitative estimate of drug-likeness (QED) is 0.475. The molecule has 1 aromatic carbocycles. The molecule has 0 atom stereocenters. The van der Waals surface area contributed by atoms with Crippen molar-refractivity contribution in [2.45, 2.75) is 20.8 Å². The second-order valence-electron chi connectivity index (χ2n) is 5.08. The van der Waals surface area contributed by atoms with Gasteiger partial charge in [0, 0.05) is 5.56 Å². The number of rotatable bonds is 3. The molecule has 0 aliphatic carbocycles. The van der Waals surface area contributed by atoms with E-state index in [0.29, 0.717) is 5.56 Å². The molecular weight excluding hydrogens is 244 g/mol. The van der Waals surface area contributed by atoms with Gasteiger partial charge >= 0.3 is 5.97 Å². The summed E-state index contributed by atoms with van der Waals surface area (Å²) in [6.07, 6.45) is 0. The van der Waals surface area contributed by atoms with E-state index in [1.165, 1.54) is 7.11 Å². The number of aryl methyl sites for hydroxylation is 1. The Hall–Kier alpha value is -1.68. The van der Waals surface area contributed by atoms with E-state index in [4.69, 9.17) is 9.47 Å². The molecule has 0 amide bonds. The summed E-state index contributed by atoms with van der Waals surface area (Å²) in [6, 6.07) is 3.68. The Kier molecular flexibility index (Phi) is 3.45. The van der Waals surface area contributed by atoms with Crippen LogP contribution < -0.4 is 0 Å². The minimum atomic E-state index is -1.15. The molecule has 0 spiro atoms. The predicted molar refractivity (Wildman–Crippen MR) is 70.3 cm³/mol. The number of hydrogen-bond donors (Lipinski definition) is 0. The monoisotopic (exact) mass is 262 g/mol. The van der Waals surface area contributed by atoms with Crippen LogP contribution in [-0.4, -0.2) is 32.1 Å². The molecule has 102 valence electrons. The van der Waals surface area contributed by atoms with E-state index < -0.39 is 11.4 Å². The SMILES string of the molecule is COC(=O)C1(C(=O)c2ccc(C)c(C)c2C)COC1.